The van der Waals surface area contributed by atoms with Crippen LogP contribution in [-0.2, 0) is 19.1 Å². The highest BCUT2D eigenvalue weighted by Crippen LogP contribution is 2.28. The molecule has 0 unspecified atom stereocenters. The lowest BCUT2D eigenvalue weighted by Gasteiger charge is -2.25. The van der Waals surface area contributed by atoms with E-state index in [1.165, 1.54) is 6.07 Å². The molecule has 0 radical (unpaired) electrons. The molecule has 0 bridgehead atoms. The number of hydrazine groups is 1. The van der Waals surface area contributed by atoms with Gasteiger partial charge in [0.2, 0.25) is 5.91 Å². The number of halogens is 1. The van der Waals surface area contributed by atoms with E-state index < -0.39 is 30.3 Å². The molecule has 9 heteroatoms. The van der Waals surface area contributed by atoms with Crippen molar-refractivity contribution in [2.45, 2.75) is 19.4 Å². The fourth-order valence-electron chi connectivity index (χ4n) is 3.31. The van der Waals surface area contributed by atoms with Gasteiger partial charge in [0.25, 0.3) is 11.8 Å². The van der Waals surface area contributed by atoms with Crippen LogP contribution in [0.15, 0.2) is 54.6 Å². The zero-order valence-corrected chi connectivity index (χ0v) is 17.6. The molecule has 162 valence electrons. The average Bonchev–Trinajstić information content (AvgIpc) is 3.17. The first kappa shape index (κ1) is 22.3. The van der Waals surface area contributed by atoms with Crippen LogP contribution >= 0.6 is 11.6 Å². The summed E-state index contributed by atoms with van der Waals surface area (Å²) in [7, 11) is 0. The minimum Gasteiger partial charge on any atom is -0.455 e. The van der Waals surface area contributed by atoms with E-state index in [4.69, 9.17) is 16.3 Å². The van der Waals surface area contributed by atoms with E-state index in [0.717, 1.165) is 5.56 Å². The van der Waals surface area contributed by atoms with Crippen LogP contribution in [0.25, 0.3) is 0 Å². The summed E-state index contributed by atoms with van der Waals surface area (Å²) in [6.45, 7) is 1.54. The number of nitrogens with one attached hydrogen (secondary N) is 2. The number of ether oxygens (including phenoxy) is 1. The molecule has 3 amide bonds. The van der Waals surface area contributed by atoms with Crippen LogP contribution in [-0.4, -0.2) is 41.7 Å². The maximum absolute atomic E-state index is 12.4. The number of amides is 3. The van der Waals surface area contributed by atoms with Crippen molar-refractivity contribution < 1.29 is 23.9 Å². The van der Waals surface area contributed by atoms with Crippen LogP contribution in [0.2, 0.25) is 5.02 Å². The van der Waals surface area contributed by atoms with Crippen molar-refractivity contribution >= 4 is 35.3 Å². The fourth-order valence-corrected chi connectivity index (χ4v) is 3.53. The third-order valence-electron chi connectivity index (χ3n) is 5.02. The van der Waals surface area contributed by atoms with E-state index in [1.54, 1.807) is 23.1 Å². The largest absolute Gasteiger partial charge is 0.455 e. The molecule has 0 aliphatic carbocycles. The van der Waals surface area contributed by atoms with Crippen LogP contribution in [0.3, 0.4) is 0 Å². The normalized spacial score (nSPS) is 16.5. The predicted molar refractivity (Wildman–Crippen MR) is 113 cm³/mol. The summed E-state index contributed by atoms with van der Waals surface area (Å²) in [6.07, 6.45) is 0.0286. The Balaban J connectivity index is 1.45. The van der Waals surface area contributed by atoms with E-state index in [0.29, 0.717) is 0 Å². The standard InChI is InChI=1S/C22H22ClN3O5/c1-14(15-7-3-2-4-8-15)26-12-16(11-20(26)28)22(30)31-13-19(27)24-25-21(29)17-9-5-6-10-18(17)23/h2-10,14,16H,11-13H2,1H3,(H,24,27)(H,25,29)/t14-,16+/m1/s1. The Bertz CT molecular complexity index is 982. The molecule has 0 aromatic heterocycles. The van der Waals surface area contributed by atoms with Gasteiger partial charge in [-0.3, -0.25) is 30.0 Å². The van der Waals surface area contributed by atoms with Gasteiger partial charge in [0.1, 0.15) is 0 Å². The molecule has 2 atom stereocenters. The van der Waals surface area contributed by atoms with Crippen molar-refractivity contribution in [3.8, 4) is 0 Å². The highest BCUT2D eigenvalue weighted by molar-refractivity contribution is 6.33. The van der Waals surface area contributed by atoms with Gasteiger partial charge in [-0.05, 0) is 24.6 Å². The predicted octanol–water partition coefficient (Wildman–Crippen LogP) is 2.25. The Kier molecular flexibility index (Phi) is 7.25. The summed E-state index contributed by atoms with van der Waals surface area (Å²) >= 11 is 5.92. The quantitative estimate of drug-likeness (QED) is 0.526. The van der Waals surface area contributed by atoms with Crippen molar-refractivity contribution in [1.29, 1.82) is 0 Å². The number of esters is 1. The van der Waals surface area contributed by atoms with Gasteiger partial charge in [-0.2, -0.15) is 0 Å². The van der Waals surface area contributed by atoms with Crippen molar-refractivity contribution in [2.24, 2.45) is 5.92 Å². The molecule has 2 aromatic carbocycles. The summed E-state index contributed by atoms with van der Waals surface area (Å²) in [6, 6.07) is 15.7. The minimum atomic E-state index is -0.715. The van der Waals surface area contributed by atoms with Gasteiger partial charge >= 0.3 is 5.97 Å². The fraction of sp³-hybridized carbons (Fsp3) is 0.273. The van der Waals surface area contributed by atoms with E-state index in [2.05, 4.69) is 10.9 Å². The van der Waals surface area contributed by atoms with Crippen molar-refractivity contribution in [3.05, 3.63) is 70.7 Å². The van der Waals surface area contributed by atoms with Crippen LogP contribution < -0.4 is 10.9 Å². The molecular formula is C22H22ClN3O5. The minimum absolute atomic E-state index is 0.0286. The lowest BCUT2D eigenvalue weighted by Crippen LogP contribution is -2.44. The van der Waals surface area contributed by atoms with Gasteiger partial charge in [0.05, 0.1) is 22.5 Å². The number of carbonyl (C=O) groups excluding carboxylic acids is 4. The van der Waals surface area contributed by atoms with Gasteiger partial charge in [-0.1, -0.05) is 54.1 Å². The first-order chi connectivity index (χ1) is 14.9. The van der Waals surface area contributed by atoms with E-state index in [9.17, 15) is 19.2 Å². The third-order valence-corrected chi connectivity index (χ3v) is 5.35. The first-order valence-corrected chi connectivity index (χ1v) is 10.1. The second kappa shape index (κ2) is 10.1. The molecule has 8 nitrogen and oxygen atoms in total. The van der Waals surface area contributed by atoms with Gasteiger partial charge in [-0.25, -0.2) is 0 Å². The molecule has 1 saturated heterocycles. The zero-order chi connectivity index (χ0) is 22.4. The molecule has 0 spiro atoms. The summed E-state index contributed by atoms with van der Waals surface area (Å²) in [4.78, 5) is 50.2. The molecule has 0 saturated carbocycles. The lowest BCUT2D eigenvalue weighted by molar-refractivity contribution is -0.152. The smallest absolute Gasteiger partial charge is 0.311 e. The zero-order valence-electron chi connectivity index (χ0n) is 16.8. The highest BCUT2D eigenvalue weighted by atomic mass is 35.5. The SMILES string of the molecule is C[C@H](c1ccccc1)N1C[C@@H](C(=O)OCC(=O)NNC(=O)c2ccccc2Cl)CC1=O. The second-order valence-electron chi connectivity index (χ2n) is 7.12. The topological polar surface area (TPSA) is 105 Å². The van der Waals surface area contributed by atoms with Crippen LogP contribution in [0.4, 0.5) is 0 Å². The number of hydrogen-bond acceptors (Lipinski definition) is 5. The van der Waals surface area contributed by atoms with Crippen LogP contribution in [0.5, 0.6) is 0 Å². The maximum atomic E-state index is 12.4. The number of hydrogen-bond donors (Lipinski definition) is 2. The van der Waals surface area contributed by atoms with E-state index in [1.807, 2.05) is 37.3 Å². The number of nitrogens with zero attached hydrogens (tertiary/aromatic N) is 1. The van der Waals surface area contributed by atoms with Crippen molar-refractivity contribution in [2.75, 3.05) is 13.2 Å². The van der Waals surface area contributed by atoms with Crippen molar-refractivity contribution in [1.82, 2.24) is 15.8 Å². The van der Waals surface area contributed by atoms with Gasteiger partial charge in [0.15, 0.2) is 6.61 Å². The van der Waals surface area contributed by atoms with Gasteiger partial charge < -0.3 is 9.64 Å². The van der Waals surface area contributed by atoms with Gasteiger partial charge in [0, 0.05) is 13.0 Å². The number of likely N-dealkylation sites (tertiary alicyclic amines) is 1. The molecule has 31 heavy (non-hydrogen) atoms. The Hall–Kier alpha value is -3.39. The summed E-state index contributed by atoms with van der Waals surface area (Å²) in [5.74, 6) is -2.74. The van der Waals surface area contributed by atoms with Crippen LogP contribution in [0, 0.1) is 5.92 Å². The Morgan fingerprint density at radius 2 is 1.77 bits per heavy atom. The lowest BCUT2D eigenvalue weighted by atomic mass is 10.1. The molecular weight excluding hydrogens is 422 g/mol. The number of benzene rings is 2. The third kappa shape index (κ3) is 5.61. The molecule has 2 aromatic rings. The Labute approximate surface area is 184 Å². The maximum Gasteiger partial charge on any atom is 0.311 e. The van der Waals surface area contributed by atoms with E-state index >= 15 is 0 Å². The molecule has 2 N–H and O–H groups in total. The molecule has 3 rings (SSSR count). The highest BCUT2D eigenvalue weighted by Gasteiger charge is 2.38. The van der Waals surface area contributed by atoms with E-state index in [-0.39, 0.29) is 35.5 Å². The molecule has 1 aliphatic heterocycles. The summed E-state index contributed by atoms with van der Waals surface area (Å²) < 4.78 is 5.02. The average molecular weight is 444 g/mol. The second-order valence-corrected chi connectivity index (χ2v) is 7.53. The summed E-state index contributed by atoms with van der Waals surface area (Å²) in [5, 5.41) is 0.237. The first-order valence-electron chi connectivity index (χ1n) is 9.71. The Morgan fingerprint density at radius 3 is 2.48 bits per heavy atom. The molecule has 1 fully saturated rings. The van der Waals surface area contributed by atoms with Crippen LogP contribution in [0.1, 0.15) is 35.3 Å². The number of carbonyl (C=O) groups is 4. The monoisotopic (exact) mass is 443 g/mol. The molecule has 1 heterocycles. The van der Waals surface area contributed by atoms with Crippen molar-refractivity contribution in [3.63, 3.8) is 0 Å². The summed E-state index contributed by atoms with van der Waals surface area (Å²) in [5.41, 5.74) is 5.53. The Morgan fingerprint density at radius 1 is 1.10 bits per heavy atom. The van der Waals surface area contributed by atoms with Gasteiger partial charge in [-0.15, -0.1) is 0 Å². The number of rotatable bonds is 6. The molecule has 1 aliphatic rings.